The molecule has 7 heteroatoms. The van der Waals surface area contributed by atoms with Crippen molar-refractivity contribution < 1.29 is 0 Å². The van der Waals surface area contributed by atoms with E-state index in [1.807, 2.05) is 23.7 Å². The van der Waals surface area contributed by atoms with E-state index in [2.05, 4.69) is 22.3 Å². The highest BCUT2D eigenvalue weighted by atomic mass is 15.3. The van der Waals surface area contributed by atoms with Crippen molar-refractivity contribution in [3.05, 3.63) is 23.9 Å². The lowest BCUT2D eigenvalue weighted by molar-refractivity contribution is 0.556. The van der Waals surface area contributed by atoms with Gasteiger partial charge in [0.2, 0.25) is 5.95 Å². The Bertz CT molecular complexity index is 621. The molecule has 1 aliphatic rings. The predicted molar refractivity (Wildman–Crippen MR) is 86.1 cm³/mol. The number of hydrogen-bond acceptors (Lipinski definition) is 6. The molecule has 3 rings (SSSR count). The highest BCUT2D eigenvalue weighted by molar-refractivity contribution is 5.52. The van der Waals surface area contributed by atoms with Gasteiger partial charge < -0.3 is 10.2 Å². The second-order valence-electron chi connectivity index (χ2n) is 6.06. The van der Waals surface area contributed by atoms with Gasteiger partial charge in [-0.05, 0) is 32.6 Å². The lowest BCUT2D eigenvalue weighted by Gasteiger charge is -2.23. The van der Waals surface area contributed by atoms with E-state index in [0.717, 1.165) is 31.2 Å². The number of aromatic nitrogens is 5. The van der Waals surface area contributed by atoms with Crippen molar-refractivity contribution in [1.82, 2.24) is 24.7 Å². The molecule has 0 radical (unpaired) electrons. The van der Waals surface area contributed by atoms with Crippen molar-refractivity contribution in [3.8, 4) is 0 Å². The summed E-state index contributed by atoms with van der Waals surface area (Å²) >= 11 is 0. The van der Waals surface area contributed by atoms with Crippen molar-refractivity contribution in [2.45, 2.75) is 45.2 Å². The molecule has 2 aromatic heterocycles. The van der Waals surface area contributed by atoms with Crippen molar-refractivity contribution in [2.24, 2.45) is 0 Å². The highest BCUT2D eigenvalue weighted by Crippen LogP contribution is 2.27. The topological polar surface area (TPSA) is 71.8 Å². The number of rotatable bonds is 5. The molecule has 0 spiro atoms. The Labute approximate surface area is 130 Å². The minimum atomic E-state index is 0.220. The smallest absolute Gasteiger partial charge is 0.227 e. The molecular weight excluding hydrogens is 278 g/mol. The summed E-state index contributed by atoms with van der Waals surface area (Å²) in [6.45, 7) is 2.89. The monoisotopic (exact) mass is 301 g/mol. The molecule has 2 heterocycles. The molecule has 2 aromatic rings. The van der Waals surface area contributed by atoms with Crippen molar-refractivity contribution >= 4 is 11.8 Å². The summed E-state index contributed by atoms with van der Waals surface area (Å²) in [6, 6.07) is 0.220. The van der Waals surface area contributed by atoms with Crippen LogP contribution in [0.25, 0.3) is 0 Å². The van der Waals surface area contributed by atoms with E-state index in [1.54, 1.807) is 12.7 Å². The first-order valence-corrected chi connectivity index (χ1v) is 7.79. The van der Waals surface area contributed by atoms with Gasteiger partial charge in [0.25, 0.3) is 0 Å². The Morgan fingerprint density at radius 2 is 2.09 bits per heavy atom. The Kier molecular flexibility index (Phi) is 4.22. The van der Waals surface area contributed by atoms with Gasteiger partial charge in [-0.3, -0.25) is 4.68 Å². The van der Waals surface area contributed by atoms with E-state index in [1.165, 1.54) is 24.1 Å². The molecule has 1 atom stereocenters. The number of nitrogens with zero attached hydrogens (tertiary/aromatic N) is 6. The predicted octanol–water partition coefficient (Wildman–Crippen LogP) is 1.51. The van der Waals surface area contributed by atoms with E-state index in [-0.39, 0.29) is 6.04 Å². The first-order chi connectivity index (χ1) is 10.6. The number of anilines is 2. The fourth-order valence-electron chi connectivity index (χ4n) is 2.79. The Balaban J connectivity index is 1.83. The number of fused-ring (bicyclic) bond motifs is 1. The van der Waals surface area contributed by atoms with Crippen molar-refractivity contribution in [3.63, 3.8) is 0 Å². The molecular formula is C15H23N7. The molecule has 0 bridgehead atoms. The van der Waals surface area contributed by atoms with Crippen LogP contribution in [0.2, 0.25) is 0 Å². The van der Waals surface area contributed by atoms with Crippen LogP contribution in [-0.4, -0.2) is 44.9 Å². The van der Waals surface area contributed by atoms with Crippen LogP contribution in [0.1, 0.15) is 31.0 Å². The van der Waals surface area contributed by atoms with Crippen molar-refractivity contribution in [2.75, 3.05) is 24.3 Å². The van der Waals surface area contributed by atoms with Gasteiger partial charge in [0.1, 0.15) is 18.5 Å². The summed E-state index contributed by atoms with van der Waals surface area (Å²) in [7, 11) is 3.96. The largest absolute Gasteiger partial charge is 0.365 e. The maximum atomic E-state index is 4.71. The summed E-state index contributed by atoms with van der Waals surface area (Å²) in [4.78, 5) is 15.4. The maximum Gasteiger partial charge on any atom is 0.227 e. The molecule has 7 nitrogen and oxygen atoms in total. The maximum absolute atomic E-state index is 4.71. The van der Waals surface area contributed by atoms with E-state index in [0.29, 0.717) is 0 Å². The molecule has 0 saturated heterocycles. The quantitative estimate of drug-likeness (QED) is 0.902. The Hall–Kier alpha value is -2.18. The van der Waals surface area contributed by atoms with E-state index < -0.39 is 0 Å². The van der Waals surface area contributed by atoms with Crippen LogP contribution in [0, 0.1) is 0 Å². The zero-order valence-electron chi connectivity index (χ0n) is 13.5. The van der Waals surface area contributed by atoms with Crippen LogP contribution in [0.5, 0.6) is 0 Å². The van der Waals surface area contributed by atoms with Gasteiger partial charge in [-0.15, -0.1) is 0 Å². The highest BCUT2D eigenvalue weighted by Gasteiger charge is 2.19. The average molecular weight is 301 g/mol. The van der Waals surface area contributed by atoms with Crippen LogP contribution in [-0.2, 0) is 19.4 Å². The number of hydrogen-bond donors (Lipinski definition) is 1. The fourth-order valence-corrected chi connectivity index (χ4v) is 2.79. The van der Waals surface area contributed by atoms with Gasteiger partial charge >= 0.3 is 0 Å². The molecule has 1 N–H and O–H groups in total. The number of aryl methyl sites for hydroxylation is 1. The van der Waals surface area contributed by atoms with Gasteiger partial charge in [0.05, 0.1) is 12.2 Å². The summed E-state index contributed by atoms with van der Waals surface area (Å²) in [5, 5.41) is 7.69. The lowest BCUT2D eigenvalue weighted by Crippen LogP contribution is -2.26. The summed E-state index contributed by atoms with van der Waals surface area (Å²) < 4.78 is 1.83. The van der Waals surface area contributed by atoms with Crippen LogP contribution in [0.4, 0.5) is 11.8 Å². The van der Waals surface area contributed by atoms with E-state index >= 15 is 0 Å². The van der Waals surface area contributed by atoms with Gasteiger partial charge in [-0.2, -0.15) is 10.1 Å². The standard InChI is InChI=1S/C15H23N7/c1-11(8-22-10-16-9-17-22)18-14-12-6-4-5-7-13(12)19-15(20-14)21(2)3/h9-11H,4-8H2,1-3H3,(H,18,19,20). The van der Waals surface area contributed by atoms with Gasteiger partial charge in [0.15, 0.2) is 0 Å². The minimum absolute atomic E-state index is 0.220. The summed E-state index contributed by atoms with van der Waals surface area (Å²) in [5.41, 5.74) is 2.47. The van der Waals surface area contributed by atoms with E-state index in [4.69, 9.17) is 9.97 Å². The number of nitrogens with one attached hydrogen (secondary N) is 1. The van der Waals surface area contributed by atoms with Crippen LogP contribution in [0.15, 0.2) is 12.7 Å². The second-order valence-corrected chi connectivity index (χ2v) is 6.06. The minimum Gasteiger partial charge on any atom is -0.365 e. The van der Waals surface area contributed by atoms with Crippen LogP contribution in [0.3, 0.4) is 0 Å². The Morgan fingerprint density at radius 3 is 2.82 bits per heavy atom. The molecule has 0 saturated carbocycles. The molecule has 1 unspecified atom stereocenters. The molecule has 118 valence electrons. The third-order valence-electron chi connectivity index (χ3n) is 3.88. The molecule has 0 aliphatic heterocycles. The summed E-state index contributed by atoms with van der Waals surface area (Å²) in [5.74, 6) is 1.75. The van der Waals surface area contributed by atoms with Crippen LogP contribution < -0.4 is 10.2 Å². The van der Waals surface area contributed by atoms with Crippen molar-refractivity contribution in [1.29, 1.82) is 0 Å². The van der Waals surface area contributed by atoms with Gasteiger partial charge in [-0.25, -0.2) is 9.97 Å². The molecule has 22 heavy (non-hydrogen) atoms. The lowest BCUT2D eigenvalue weighted by atomic mass is 9.96. The average Bonchev–Trinajstić information content (AvgIpc) is 2.99. The Morgan fingerprint density at radius 1 is 1.27 bits per heavy atom. The molecule has 0 amide bonds. The second kappa shape index (κ2) is 6.29. The normalized spacial score (nSPS) is 15.2. The fraction of sp³-hybridized carbons (Fsp3) is 0.600. The van der Waals surface area contributed by atoms with E-state index in [9.17, 15) is 0 Å². The van der Waals surface area contributed by atoms with Gasteiger partial charge in [0, 0.05) is 25.7 Å². The first-order valence-electron chi connectivity index (χ1n) is 7.79. The third kappa shape index (κ3) is 3.18. The zero-order chi connectivity index (χ0) is 15.5. The third-order valence-corrected chi connectivity index (χ3v) is 3.88. The van der Waals surface area contributed by atoms with Crippen LogP contribution >= 0.6 is 0 Å². The summed E-state index contributed by atoms with van der Waals surface area (Å²) in [6.07, 6.45) is 7.82. The molecule has 0 aromatic carbocycles. The zero-order valence-corrected chi connectivity index (χ0v) is 13.5. The molecule has 1 aliphatic carbocycles. The molecule has 0 fully saturated rings. The first kappa shape index (κ1) is 14.7. The van der Waals surface area contributed by atoms with Gasteiger partial charge in [-0.1, -0.05) is 0 Å². The SMILES string of the molecule is CC(Cn1cncn1)Nc1nc(N(C)C)nc2c1CCCC2.